The van der Waals surface area contributed by atoms with E-state index in [4.69, 9.17) is 4.74 Å². The largest absolute Gasteiger partial charge is 0.494 e. The monoisotopic (exact) mass is 372 g/mol. The maximum atomic E-state index is 12.6. The number of ether oxygens (including phenoxy) is 1. The highest BCUT2D eigenvalue weighted by molar-refractivity contribution is 7.17. The molecule has 0 saturated carbocycles. The highest BCUT2D eigenvalue weighted by Crippen LogP contribution is 2.39. The van der Waals surface area contributed by atoms with Gasteiger partial charge in [0, 0.05) is 17.5 Å². The summed E-state index contributed by atoms with van der Waals surface area (Å²) in [5, 5.41) is 6.29. The molecule has 6 heteroatoms. The number of hydrogen-bond donors (Lipinski definition) is 2. The van der Waals surface area contributed by atoms with Gasteiger partial charge in [-0.15, -0.1) is 11.3 Å². The van der Waals surface area contributed by atoms with Gasteiger partial charge in [-0.05, 0) is 61.9 Å². The van der Waals surface area contributed by atoms with E-state index in [0.717, 1.165) is 30.6 Å². The van der Waals surface area contributed by atoms with Gasteiger partial charge in [0.2, 0.25) is 0 Å². The topological polar surface area (TPSA) is 67.4 Å². The minimum atomic E-state index is -0.218. The third-order valence-electron chi connectivity index (χ3n) is 4.62. The van der Waals surface area contributed by atoms with Gasteiger partial charge in [0.1, 0.15) is 10.8 Å². The first kappa shape index (κ1) is 18.5. The molecule has 5 nitrogen and oxygen atoms in total. The second kappa shape index (κ2) is 7.91. The molecule has 0 radical (unpaired) electrons. The van der Waals surface area contributed by atoms with E-state index in [0.29, 0.717) is 28.7 Å². The number of nitrogens with one attached hydrogen (secondary N) is 2. The number of benzene rings is 1. The van der Waals surface area contributed by atoms with Crippen molar-refractivity contribution in [2.75, 3.05) is 19.0 Å². The molecular formula is C20H24N2O3S. The molecule has 138 valence electrons. The second-order valence-electron chi connectivity index (χ2n) is 6.55. The van der Waals surface area contributed by atoms with Crippen molar-refractivity contribution in [2.45, 2.75) is 33.1 Å². The quantitative estimate of drug-likeness (QED) is 0.837. The summed E-state index contributed by atoms with van der Waals surface area (Å²) in [4.78, 5) is 26.3. The minimum absolute atomic E-state index is 0.140. The van der Waals surface area contributed by atoms with Crippen molar-refractivity contribution >= 4 is 28.2 Å². The third-order valence-corrected chi connectivity index (χ3v) is 5.79. The van der Waals surface area contributed by atoms with Crippen molar-refractivity contribution in [3.05, 3.63) is 45.8 Å². The molecule has 0 unspecified atom stereocenters. The van der Waals surface area contributed by atoms with E-state index < -0.39 is 0 Å². The molecule has 2 N–H and O–H groups in total. The van der Waals surface area contributed by atoms with Gasteiger partial charge >= 0.3 is 0 Å². The van der Waals surface area contributed by atoms with E-state index in [1.165, 1.54) is 16.2 Å². The number of carbonyl (C=O) groups is 2. The van der Waals surface area contributed by atoms with E-state index >= 15 is 0 Å². The number of fused-ring (bicyclic) bond motifs is 1. The molecule has 1 aromatic carbocycles. The number of amides is 2. The Morgan fingerprint density at radius 2 is 1.96 bits per heavy atom. The zero-order valence-corrected chi connectivity index (χ0v) is 16.2. The van der Waals surface area contributed by atoms with Crippen LogP contribution >= 0.6 is 11.3 Å². The van der Waals surface area contributed by atoms with Crippen LogP contribution in [0.1, 0.15) is 51.4 Å². The van der Waals surface area contributed by atoms with Crippen LogP contribution in [0.4, 0.5) is 5.00 Å². The first-order valence-electron chi connectivity index (χ1n) is 8.94. The second-order valence-corrected chi connectivity index (χ2v) is 7.65. The molecule has 0 bridgehead atoms. The van der Waals surface area contributed by atoms with Crippen LogP contribution in [-0.4, -0.2) is 25.5 Å². The Bertz CT molecular complexity index is 811. The first-order chi connectivity index (χ1) is 12.5. The van der Waals surface area contributed by atoms with Gasteiger partial charge in [-0.2, -0.15) is 0 Å². The van der Waals surface area contributed by atoms with Gasteiger partial charge in [0.15, 0.2) is 0 Å². The maximum Gasteiger partial charge on any atom is 0.256 e. The van der Waals surface area contributed by atoms with E-state index in [-0.39, 0.29) is 11.8 Å². The third kappa shape index (κ3) is 3.75. The zero-order chi connectivity index (χ0) is 18.7. The molecule has 1 aliphatic carbocycles. The average molecular weight is 372 g/mol. The molecule has 0 aliphatic heterocycles. The standard InChI is InChI=1S/C20H24N2O3S/c1-4-25-14-8-6-13(7-9-14)18(23)22-20-17(19(24)21-3)15-10-5-12(2)11-16(15)26-20/h6-9,12H,4-5,10-11H2,1-3H3,(H,21,24)(H,22,23)/t12-/m0/s1. The van der Waals surface area contributed by atoms with Crippen LogP contribution in [0.3, 0.4) is 0 Å². The van der Waals surface area contributed by atoms with E-state index in [9.17, 15) is 9.59 Å². The van der Waals surface area contributed by atoms with Gasteiger partial charge < -0.3 is 15.4 Å². The van der Waals surface area contributed by atoms with E-state index in [1.54, 1.807) is 31.3 Å². The highest BCUT2D eigenvalue weighted by Gasteiger charge is 2.28. The Balaban J connectivity index is 1.86. The molecule has 2 amide bonds. The van der Waals surface area contributed by atoms with Crippen molar-refractivity contribution in [3.8, 4) is 5.75 Å². The Morgan fingerprint density at radius 3 is 2.62 bits per heavy atom. The summed E-state index contributed by atoms with van der Waals surface area (Å²) in [5.41, 5.74) is 2.25. The smallest absolute Gasteiger partial charge is 0.256 e. The molecule has 0 spiro atoms. The van der Waals surface area contributed by atoms with Crippen LogP contribution in [0.15, 0.2) is 24.3 Å². The molecule has 1 aromatic heterocycles. The lowest BCUT2D eigenvalue weighted by Crippen LogP contribution is -2.22. The summed E-state index contributed by atoms with van der Waals surface area (Å²) in [5.74, 6) is 0.980. The summed E-state index contributed by atoms with van der Waals surface area (Å²) in [6, 6.07) is 7.02. The molecule has 0 fully saturated rings. The van der Waals surface area contributed by atoms with Crippen LogP contribution in [0.5, 0.6) is 5.75 Å². The zero-order valence-electron chi connectivity index (χ0n) is 15.3. The maximum absolute atomic E-state index is 12.6. The summed E-state index contributed by atoms with van der Waals surface area (Å²) in [6.07, 6.45) is 2.91. The lowest BCUT2D eigenvalue weighted by atomic mass is 9.88. The Hall–Kier alpha value is -2.34. The number of rotatable bonds is 5. The lowest BCUT2D eigenvalue weighted by molar-refractivity contribution is 0.0963. The Kier molecular flexibility index (Phi) is 5.61. The van der Waals surface area contributed by atoms with Crippen molar-refractivity contribution in [3.63, 3.8) is 0 Å². The van der Waals surface area contributed by atoms with Gasteiger partial charge in [0.05, 0.1) is 12.2 Å². The lowest BCUT2D eigenvalue weighted by Gasteiger charge is -2.18. The summed E-state index contributed by atoms with van der Waals surface area (Å²) in [7, 11) is 1.62. The average Bonchev–Trinajstić information content (AvgIpc) is 2.98. The number of carbonyl (C=O) groups excluding carboxylic acids is 2. The van der Waals surface area contributed by atoms with E-state index in [1.807, 2.05) is 6.92 Å². The van der Waals surface area contributed by atoms with Crippen LogP contribution in [0, 0.1) is 5.92 Å². The van der Waals surface area contributed by atoms with Crippen LogP contribution < -0.4 is 15.4 Å². The van der Waals surface area contributed by atoms with Crippen molar-refractivity contribution < 1.29 is 14.3 Å². The summed E-state index contributed by atoms with van der Waals surface area (Å²) < 4.78 is 5.41. The van der Waals surface area contributed by atoms with Crippen LogP contribution in [-0.2, 0) is 12.8 Å². The van der Waals surface area contributed by atoms with Gasteiger partial charge in [-0.1, -0.05) is 6.92 Å². The molecule has 0 saturated heterocycles. The molecule has 1 aliphatic rings. The fraction of sp³-hybridized carbons (Fsp3) is 0.400. The predicted octanol–water partition coefficient (Wildman–Crippen LogP) is 3.88. The Labute approximate surface area is 157 Å². The highest BCUT2D eigenvalue weighted by atomic mass is 32.1. The SMILES string of the molecule is CCOc1ccc(C(=O)Nc2sc3c(c2C(=O)NC)CC[C@H](C)C3)cc1. The van der Waals surface area contributed by atoms with Crippen molar-refractivity contribution in [1.82, 2.24) is 5.32 Å². The fourth-order valence-corrected chi connectivity index (χ4v) is 4.65. The molecule has 3 rings (SSSR count). The normalized spacial score (nSPS) is 15.9. The van der Waals surface area contributed by atoms with Crippen molar-refractivity contribution in [2.24, 2.45) is 5.92 Å². The molecule has 26 heavy (non-hydrogen) atoms. The number of thiophene rings is 1. The summed E-state index contributed by atoms with van der Waals surface area (Å²) >= 11 is 1.53. The molecule has 1 heterocycles. The fourth-order valence-electron chi connectivity index (χ4n) is 3.25. The van der Waals surface area contributed by atoms with Gasteiger partial charge in [-0.25, -0.2) is 0 Å². The summed E-state index contributed by atoms with van der Waals surface area (Å²) in [6.45, 7) is 4.72. The van der Waals surface area contributed by atoms with Gasteiger partial charge in [-0.3, -0.25) is 9.59 Å². The van der Waals surface area contributed by atoms with Crippen LogP contribution in [0.2, 0.25) is 0 Å². The molecule has 2 aromatic rings. The van der Waals surface area contributed by atoms with Crippen molar-refractivity contribution in [1.29, 1.82) is 0 Å². The predicted molar refractivity (Wildman–Crippen MR) is 104 cm³/mol. The molecular weight excluding hydrogens is 348 g/mol. The Morgan fingerprint density at radius 1 is 1.23 bits per heavy atom. The number of anilines is 1. The van der Waals surface area contributed by atoms with Crippen LogP contribution in [0.25, 0.3) is 0 Å². The number of hydrogen-bond acceptors (Lipinski definition) is 4. The minimum Gasteiger partial charge on any atom is -0.494 e. The van der Waals surface area contributed by atoms with E-state index in [2.05, 4.69) is 17.6 Å². The molecule has 1 atom stereocenters. The first-order valence-corrected chi connectivity index (χ1v) is 9.76. The van der Waals surface area contributed by atoms with Gasteiger partial charge in [0.25, 0.3) is 11.8 Å².